The molecule has 120 valence electrons. The second-order valence-corrected chi connectivity index (χ2v) is 6.74. The highest BCUT2D eigenvalue weighted by molar-refractivity contribution is 7.99. The van der Waals surface area contributed by atoms with Gasteiger partial charge in [0.05, 0.1) is 13.2 Å². The lowest BCUT2D eigenvalue weighted by atomic mass is 10.0. The predicted molar refractivity (Wildman–Crippen MR) is 94.0 cm³/mol. The molecule has 23 heavy (non-hydrogen) atoms. The Morgan fingerprint density at radius 3 is 2.87 bits per heavy atom. The Hall–Kier alpha value is -1.94. The van der Waals surface area contributed by atoms with Crippen LogP contribution in [0.15, 0.2) is 53.4 Å². The fraction of sp³-hybridized carbons (Fsp3) is 0.316. The molecule has 1 aliphatic rings. The van der Waals surface area contributed by atoms with Gasteiger partial charge in [-0.15, -0.1) is 11.8 Å². The zero-order chi connectivity index (χ0) is 16.1. The number of carbonyl (C=O) groups is 1. The van der Waals surface area contributed by atoms with Crippen LogP contribution in [0, 0.1) is 0 Å². The second-order valence-electron chi connectivity index (χ2n) is 5.61. The van der Waals surface area contributed by atoms with E-state index in [1.54, 1.807) is 7.11 Å². The molecule has 3 nitrogen and oxygen atoms in total. The summed E-state index contributed by atoms with van der Waals surface area (Å²) < 4.78 is 5.34. The molecule has 0 saturated carbocycles. The molecule has 3 rings (SSSR count). The van der Waals surface area contributed by atoms with Crippen LogP contribution >= 0.6 is 11.8 Å². The first-order chi connectivity index (χ1) is 11.3. The molecule has 1 heterocycles. The van der Waals surface area contributed by atoms with Gasteiger partial charge in [0.2, 0.25) is 5.91 Å². The molecule has 0 aromatic heterocycles. The Morgan fingerprint density at radius 1 is 1.22 bits per heavy atom. The van der Waals surface area contributed by atoms with Crippen LogP contribution in [0.3, 0.4) is 0 Å². The minimum atomic E-state index is 0.0996. The fourth-order valence-electron chi connectivity index (χ4n) is 2.92. The van der Waals surface area contributed by atoms with Crippen molar-refractivity contribution in [2.45, 2.75) is 30.2 Å². The molecule has 2 aromatic rings. The van der Waals surface area contributed by atoms with Gasteiger partial charge in [0.15, 0.2) is 0 Å². The number of rotatable bonds is 5. The van der Waals surface area contributed by atoms with Crippen LogP contribution in [-0.4, -0.2) is 18.8 Å². The van der Waals surface area contributed by atoms with E-state index in [1.165, 1.54) is 10.5 Å². The molecule has 4 heteroatoms. The van der Waals surface area contributed by atoms with Crippen LogP contribution in [0.25, 0.3) is 0 Å². The Bertz CT molecular complexity index is 687. The van der Waals surface area contributed by atoms with E-state index in [1.807, 2.05) is 42.1 Å². The summed E-state index contributed by atoms with van der Waals surface area (Å²) in [5, 5.41) is 3.19. The van der Waals surface area contributed by atoms with Crippen molar-refractivity contribution < 1.29 is 9.53 Å². The SMILES string of the molecule is COc1ccccc1CCC(=O)N[C@H]1CCSc2ccccc21. The molecule has 0 radical (unpaired) electrons. The smallest absolute Gasteiger partial charge is 0.220 e. The molecule has 0 saturated heterocycles. The van der Waals surface area contributed by atoms with E-state index in [-0.39, 0.29) is 11.9 Å². The third kappa shape index (κ3) is 3.88. The van der Waals surface area contributed by atoms with Crippen molar-refractivity contribution in [1.82, 2.24) is 5.32 Å². The van der Waals surface area contributed by atoms with Crippen molar-refractivity contribution in [2.75, 3.05) is 12.9 Å². The van der Waals surface area contributed by atoms with Crippen molar-refractivity contribution in [2.24, 2.45) is 0 Å². The number of fused-ring (bicyclic) bond motifs is 1. The van der Waals surface area contributed by atoms with Crippen molar-refractivity contribution >= 4 is 17.7 Å². The molecule has 0 spiro atoms. The number of ether oxygens (including phenoxy) is 1. The average Bonchev–Trinajstić information content (AvgIpc) is 2.60. The van der Waals surface area contributed by atoms with Gasteiger partial charge in [-0.25, -0.2) is 0 Å². The number of thioether (sulfide) groups is 1. The van der Waals surface area contributed by atoms with Gasteiger partial charge >= 0.3 is 0 Å². The van der Waals surface area contributed by atoms with E-state index < -0.39 is 0 Å². The molecule has 0 unspecified atom stereocenters. The van der Waals surface area contributed by atoms with Crippen molar-refractivity contribution in [3.8, 4) is 5.75 Å². The van der Waals surface area contributed by atoms with Gasteiger partial charge in [-0.05, 0) is 36.1 Å². The molecule has 0 bridgehead atoms. The van der Waals surface area contributed by atoms with Crippen LogP contribution in [0.4, 0.5) is 0 Å². The topological polar surface area (TPSA) is 38.3 Å². The number of amides is 1. The Kier molecular flexibility index (Phi) is 5.23. The highest BCUT2D eigenvalue weighted by atomic mass is 32.2. The molecule has 0 aliphatic carbocycles. The molecular weight excluding hydrogens is 306 g/mol. The number of nitrogens with one attached hydrogen (secondary N) is 1. The van der Waals surface area contributed by atoms with E-state index in [4.69, 9.17) is 4.74 Å². The minimum Gasteiger partial charge on any atom is -0.496 e. The van der Waals surface area contributed by atoms with E-state index in [9.17, 15) is 4.79 Å². The number of hydrogen-bond acceptors (Lipinski definition) is 3. The van der Waals surface area contributed by atoms with Gasteiger partial charge in [0.25, 0.3) is 0 Å². The number of carbonyl (C=O) groups excluding carboxylic acids is 1. The first kappa shape index (κ1) is 15.9. The molecule has 1 amide bonds. The summed E-state index contributed by atoms with van der Waals surface area (Å²) in [4.78, 5) is 13.6. The lowest BCUT2D eigenvalue weighted by molar-refractivity contribution is -0.121. The third-order valence-electron chi connectivity index (χ3n) is 4.11. The lowest BCUT2D eigenvalue weighted by Crippen LogP contribution is -2.30. The van der Waals surface area contributed by atoms with Crippen LogP contribution in [-0.2, 0) is 11.2 Å². The predicted octanol–water partition coefficient (Wildman–Crippen LogP) is 3.98. The maximum Gasteiger partial charge on any atom is 0.220 e. The first-order valence-corrected chi connectivity index (χ1v) is 8.89. The normalized spacial score (nSPS) is 16.5. The number of methoxy groups -OCH3 is 1. The van der Waals surface area contributed by atoms with Crippen LogP contribution < -0.4 is 10.1 Å². The summed E-state index contributed by atoms with van der Waals surface area (Å²) >= 11 is 1.87. The summed E-state index contributed by atoms with van der Waals surface area (Å²) in [5.74, 6) is 2.00. The van der Waals surface area contributed by atoms with Gasteiger partial charge in [0.1, 0.15) is 5.75 Å². The van der Waals surface area contributed by atoms with Crippen LogP contribution in [0.5, 0.6) is 5.75 Å². The van der Waals surface area contributed by atoms with Crippen LogP contribution in [0.1, 0.15) is 30.0 Å². The monoisotopic (exact) mass is 327 g/mol. The standard InChI is InChI=1S/C19H21NO2S/c1-22-17-8-4-2-6-14(17)10-11-19(21)20-16-12-13-23-18-9-5-3-7-15(16)18/h2-9,16H,10-13H2,1H3,(H,20,21)/t16-/m0/s1. The number of hydrogen-bond donors (Lipinski definition) is 1. The molecule has 0 fully saturated rings. The number of benzene rings is 2. The minimum absolute atomic E-state index is 0.0996. The van der Waals surface area contributed by atoms with Gasteiger partial charge < -0.3 is 10.1 Å². The average molecular weight is 327 g/mol. The van der Waals surface area contributed by atoms with E-state index in [2.05, 4.69) is 23.5 Å². The van der Waals surface area contributed by atoms with Crippen LogP contribution in [0.2, 0.25) is 0 Å². The molecular formula is C19H21NO2S. The van der Waals surface area contributed by atoms with Crippen molar-refractivity contribution in [3.63, 3.8) is 0 Å². The second kappa shape index (κ2) is 7.55. The largest absolute Gasteiger partial charge is 0.496 e. The summed E-state index contributed by atoms with van der Waals surface area (Å²) in [5.41, 5.74) is 2.32. The van der Waals surface area contributed by atoms with Gasteiger partial charge in [-0.3, -0.25) is 4.79 Å². The zero-order valence-corrected chi connectivity index (χ0v) is 14.1. The third-order valence-corrected chi connectivity index (χ3v) is 5.23. The molecule has 1 atom stereocenters. The molecule has 2 aromatic carbocycles. The van der Waals surface area contributed by atoms with Gasteiger partial charge in [-0.1, -0.05) is 36.4 Å². The fourth-order valence-corrected chi connectivity index (χ4v) is 4.04. The van der Waals surface area contributed by atoms with Crippen molar-refractivity contribution in [1.29, 1.82) is 0 Å². The lowest BCUT2D eigenvalue weighted by Gasteiger charge is -2.26. The summed E-state index contributed by atoms with van der Waals surface area (Å²) in [6.07, 6.45) is 2.16. The van der Waals surface area contributed by atoms with Crippen molar-refractivity contribution in [3.05, 3.63) is 59.7 Å². The van der Waals surface area contributed by atoms with E-state index in [0.717, 1.165) is 23.5 Å². The molecule has 1 aliphatic heterocycles. The first-order valence-electron chi connectivity index (χ1n) is 7.91. The number of para-hydroxylation sites is 1. The summed E-state index contributed by atoms with van der Waals surface area (Å²) in [7, 11) is 1.66. The van der Waals surface area contributed by atoms with E-state index in [0.29, 0.717) is 12.8 Å². The van der Waals surface area contributed by atoms with Gasteiger partial charge in [0, 0.05) is 17.1 Å². The maximum absolute atomic E-state index is 12.3. The zero-order valence-electron chi connectivity index (χ0n) is 13.2. The maximum atomic E-state index is 12.3. The van der Waals surface area contributed by atoms with Gasteiger partial charge in [-0.2, -0.15) is 0 Å². The Labute approximate surface area is 141 Å². The highest BCUT2D eigenvalue weighted by Crippen LogP contribution is 2.35. The Morgan fingerprint density at radius 2 is 2.00 bits per heavy atom. The number of aryl methyl sites for hydroxylation is 1. The summed E-state index contributed by atoms with van der Waals surface area (Å²) in [6.45, 7) is 0. The quantitative estimate of drug-likeness (QED) is 0.903. The molecule has 1 N–H and O–H groups in total. The summed E-state index contributed by atoms with van der Waals surface area (Å²) in [6, 6.07) is 16.3. The Balaban J connectivity index is 1.60. The highest BCUT2D eigenvalue weighted by Gasteiger charge is 2.21. The van der Waals surface area contributed by atoms with E-state index >= 15 is 0 Å².